The Morgan fingerprint density at radius 3 is 2.64 bits per heavy atom. The second-order valence-electron chi connectivity index (χ2n) is 5.07. The van der Waals surface area contributed by atoms with Crippen molar-refractivity contribution in [2.45, 2.75) is 11.9 Å². The van der Waals surface area contributed by atoms with E-state index in [2.05, 4.69) is 0 Å². The van der Waals surface area contributed by atoms with Gasteiger partial charge < -0.3 is 9.47 Å². The molecule has 2 aromatic carbocycles. The van der Waals surface area contributed by atoms with Crippen molar-refractivity contribution in [3.63, 3.8) is 0 Å². The predicted octanol–water partition coefficient (Wildman–Crippen LogP) is 4.08. The first-order valence-corrected chi connectivity index (χ1v) is 8.35. The molecule has 0 aromatic heterocycles. The third-order valence-electron chi connectivity index (χ3n) is 3.64. The number of thioether (sulfide) groups is 1. The zero-order chi connectivity index (χ0) is 15.4. The average Bonchev–Trinajstić information content (AvgIpc) is 2.62. The Morgan fingerprint density at radius 1 is 1.18 bits per heavy atom. The summed E-state index contributed by atoms with van der Waals surface area (Å²) in [5, 5.41) is 0. The highest BCUT2D eigenvalue weighted by Crippen LogP contribution is 2.36. The van der Waals surface area contributed by atoms with Gasteiger partial charge in [-0.2, -0.15) is 0 Å². The van der Waals surface area contributed by atoms with Crippen LogP contribution in [0, 0.1) is 0 Å². The molecule has 4 heteroatoms. The van der Waals surface area contributed by atoms with Crippen LogP contribution in [0.1, 0.15) is 33.3 Å². The molecule has 1 atom stereocenters. The van der Waals surface area contributed by atoms with Gasteiger partial charge in [-0.3, -0.25) is 4.79 Å². The number of ketones is 1. The van der Waals surface area contributed by atoms with Crippen molar-refractivity contribution in [3.8, 4) is 5.75 Å². The van der Waals surface area contributed by atoms with Crippen LogP contribution in [0.15, 0.2) is 48.5 Å². The molecule has 114 valence electrons. The normalized spacial score (nSPS) is 18.0. The van der Waals surface area contributed by atoms with Gasteiger partial charge in [0.25, 0.3) is 0 Å². The van der Waals surface area contributed by atoms with Crippen molar-refractivity contribution in [3.05, 3.63) is 65.2 Å². The lowest BCUT2D eigenvalue weighted by Crippen LogP contribution is -2.14. The maximum Gasteiger partial charge on any atom is 0.193 e. The number of benzene rings is 2. The zero-order valence-electron chi connectivity index (χ0n) is 12.5. The number of carbonyl (C=O) groups excluding carboxylic acids is 1. The minimum atomic E-state index is -0.0489. The van der Waals surface area contributed by atoms with Crippen molar-refractivity contribution in [2.75, 3.05) is 19.5 Å². The van der Waals surface area contributed by atoms with Gasteiger partial charge in [0.2, 0.25) is 0 Å². The molecule has 0 radical (unpaired) electrons. The second kappa shape index (κ2) is 6.99. The highest BCUT2D eigenvalue weighted by molar-refractivity contribution is 7.99. The highest BCUT2D eigenvalue weighted by Gasteiger charge is 2.22. The second-order valence-corrected chi connectivity index (χ2v) is 6.24. The lowest BCUT2D eigenvalue weighted by molar-refractivity contribution is 0.0988. The van der Waals surface area contributed by atoms with Crippen LogP contribution in [-0.2, 0) is 4.74 Å². The summed E-state index contributed by atoms with van der Waals surface area (Å²) < 4.78 is 11.0. The number of carbonyl (C=O) groups is 1. The molecule has 1 saturated heterocycles. The van der Waals surface area contributed by atoms with Crippen molar-refractivity contribution < 1.29 is 14.3 Å². The van der Waals surface area contributed by atoms with E-state index in [4.69, 9.17) is 9.47 Å². The third kappa shape index (κ3) is 3.18. The van der Waals surface area contributed by atoms with Crippen LogP contribution < -0.4 is 4.74 Å². The molecule has 1 aliphatic heterocycles. The number of methoxy groups -OCH3 is 1. The Bertz CT molecular complexity index is 646. The molecule has 0 aliphatic carbocycles. The Balaban J connectivity index is 1.91. The molecule has 1 fully saturated rings. The van der Waals surface area contributed by atoms with Crippen LogP contribution in [0.2, 0.25) is 0 Å². The quantitative estimate of drug-likeness (QED) is 0.797. The summed E-state index contributed by atoms with van der Waals surface area (Å²) in [6.07, 6.45) is 1.07. The third-order valence-corrected chi connectivity index (χ3v) is 4.86. The monoisotopic (exact) mass is 314 g/mol. The Labute approximate surface area is 134 Å². The Morgan fingerprint density at radius 2 is 1.95 bits per heavy atom. The van der Waals surface area contributed by atoms with E-state index >= 15 is 0 Å². The van der Waals surface area contributed by atoms with Crippen LogP contribution in [0.5, 0.6) is 5.75 Å². The van der Waals surface area contributed by atoms with Gasteiger partial charge in [0.1, 0.15) is 11.2 Å². The summed E-state index contributed by atoms with van der Waals surface area (Å²) in [5.41, 5.74) is 2.29. The number of hydrogen-bond acceptors (Lipinski definition) is 4. The van der Waals surface area contributed by atoms with Crippen molar-refractivity contribution in [1.82, 2.24) is 0 Å². The molecule has 0 spiro atoms. The molecule has 22 heavy (non-hydrogen) atoms. The molecule has 1 heterocycles. The van der Waals surface area contributed by atoms with Crippen LogP contribution >= 0.6 is 11.8 Å². The van der Waals surface area contributed by atoms with Gasteiger partial charge in [0.15, 0.2) is 5.78 Å². The molecule has 3 nitrogen and oxygen atoms in total. The molecule has 1 unspecified atom stereocenters. The molecule has 0 bridgehead atoms. The van der Waals surface area contributed by atoms with E-state index in [9.17, 15) is 4.79 Å². The summed E-state index contributed by atoms with van der Waals surface area (Å²) in [5.74, 6) is 1.83. The van der Waals surface area contributed by atoms with Gasteiger partial charge in [-0.05, 0) is 36.4 Å². The number of ether oxygens (including phenoxy) is 2. The van der Waals surface area contributed by atoms with E-state index < -0.39 is 0 Å². The van der Waals surface area contributed by atoms with Crippen molar-refractivity contribution in [2.24, 2.45) is 0 Å². The Hall–Kier alpha value is -1.78. The lowest BCUT2D eigenvalue weighted by atomic mass is 9.98. The predicted molar refractivity (Wildman–Crippen MR) is 88.6 cm³/mol. The molecule has 3 rings (SSSR count). The number of hydrogen-bond donors (Lipinski definition) is 0. The van der Waals surface area contributed by atoms with Gasteiger partial charge in [-0.1, -0.05) is 24.3 Å². The summed E-state index contributed by atoms with van der Waals surface area (Å²) in [7, 11) is 1.61. The average molecular weight is 314 g/mol. The fourth-order valence-corrected chi connectivity index (χ4v) is 3.55. The van der Waals surface area contributed by atoms with Gasteiger partial charge in [0.05, 0.1) is 7.11 Å². The van der Waals surface area contributed by atoms with Crippen LogP contribution in [0.3, 0.4) is 0 Å². The molecule has 2 aromatic rings. The van der Waals surface area contributed by atoms with Crippen LogP contribution in [0.25, 0.3) is 0 Å². The smallest absolute Gasteiger partial charge is 0.193 e. The summed E-state index contributed by atoms with van der Waals surface area (Å²) >= 11 is 1.75. The van der Waals surface area contributed by atoms with Gasteiger partial charge in [-0.15, -0.1) is 11.8 Å². The molecule has 0 saturated carbocycles. The van der Waals surface area contributed by atoms with Crippen LogP contribution in [0.4, 0.5) is 0 Å². The van der Waals surface area contributed by atoms with Gasteiger partial charge in [-0.25, -0.2) is 0 Å². The standard InChI is InChI=1S/C18H18O3S/c1-20-14-9-7-13(8-10-14)17(19)15-5-2-3-6-16(15)18-21-11-4-12-22-18/h2-3,5-10,18H,4,11-12H2,1H3. The van der Waals surface area contributed by atoms with Gasteiger partial charge in [0, 0.05) is 23.3 Å². The first-order valence-electron chi connectivity index (χ1n) is 7.30. The highest BCUT2D eigenvalue weighted by atomic mass is 32.2. The Kier molecular flexibility index (Phi) is 4.80. The largest absolute Gasteiger partial charge is 0.497 e. The number of rotatable bonds is 4. The SMILES string of the molecule is COc1ccc(C(=O)c2ccccc2C2OCCCS2)cc1. The molecule has 0 N–H and O–H groups in total. The first-order chi connectivity index (χ1) is 10.8. The van der Waals surface area contributed by atoms with Crippen LogP contribution in [-0.4, -0.2) is 25.3 Å². The van der Waals surface area contributed by atoms with Crippen molar-refractivity contribution >= 4 is 17.5 Å². The first kappa shape index (κ1) is 15.1. The van der Waals surface area contributed by atoms with E-state index in [0.29, 0.717) is 11.1 Å². The van der Waals surface area contributed by atoms with E-state index in [1.165, 1.54) is 0 Å². The minimum absolute atomic E-state index is 0.0213. The summed E-state index contributed by atoms with van der Waals surface area (Å²) in [6.45, 7) is 0.753. The zero-order valence-corrected chi connectivity index (χ0v) is 13.3. The lowest BCUT2D eigenvalue weighted by Gasteiger charge is -2.24. The fourth-order valence-electron chi connectivity index (χ4n) is 2.47. The van der Waals surface area contributed by atoms with Gasteiger partial charge >= 0.3 is 0 Å². The minimum Gasteiger partial charge on any atom is -0.497 e. The molecule has 0 amide bonds. The van der Waals surface area contributed by atoms with E-state index in [1.54, 1.807) is 31.0 Å². The van der Waals surface area contributed by atoms with Crippen molar-refractivity contribution in [1.29, 1.82) is 0 Å². The summed E-state index contributed by atoms with van der Waals surface area (Å²) in [6, 6.07) is 14.9. The summed E-state index contributed by atoms with van der Waals surface area (Å²) in [4.78, 5) is 12.8. The fraction of sp³-hybridized carbons (Fsp3) is 0.278. The molecule has 1 aliphatic rings. The molecular formula is C18H18O3S. The van der Waals surface area contributed by atoms with E-state index in [1.807, 2.05) is 36.4 Å². The maximum absolute atomic E-state index is 12.8. The topological polar surface area (TPSA) is 35.5 Å². The maximum atomic E-state index is 12.8. The van der Waals surface area contributed by atoms with E-state index in [0.717, 1.165) is 30.1 Å². The van der Waals surface area contributed by atoms with E-state index in [-0.39, 0.29) is 11.2 Å². The molecular weight excluding hydrogens is 296 g/mol.